The maximum Gasteiger partial charge on any atom is 0.155 e. The number of aliphatic hydroxyl groups is 1. The summed E-state index contributed by atoms with van der Waals surface area (Å²) in [5.41, 5.74) is -0.0640. The summed E-state index contributed by atoms with van der Waals surface area (Å²) in [6, 6.07) is 0. The second-order valence-electron chi connectivity index (χ2n) is 6.76. The van der Waals surface area contributed by atoms with E-state index in [2.05, 4.69) is 34.6 Å². The summed E-state index contributed by atoms with van der Waals surface area (Å²) < 4.78 is 11.4. The summed E-state index contributed by atoms with van der Waals surface area (Å²) in [6.45, 7) is 10.6. The van der Waals surface area contributed by atoms with Crippen molar-refractivity contribution in [3.63, 3.8) is 0 Å². The standard InChI is InChI=1S/C15H30O3/c1-11-9-13(17-14(16)10-11)8-6-7-12(2)18-15(3,4)5/h11-14,16H,6-10H2,1-5H3. The molecule has 0 aromatic heterocycles. The normalized spacial score (nSPS) is 31.3. The van der Waals surface area contributed by atoms with Gasteiger partial charge in [-0.05, 0) is 59.3 Å². The van der Waals surface area contributed by atoms with E-state index in [1.165, 1.54) is 0 Å². The summed E-state index contributed by atoms with van der Waals surface area (Å²) in [4.78, 5) is 0. The fourth-order valence-corrected chi connectivity index (χ4v) is 2.70. The van der Waals surface area contributed by atoms with Crippen LogP contribution in [0.4, 0.5) is 0 Å². The van der Waals surface area contributed by atoms with E-state index in [1.54, 1.807) is 0 Å². The van der Waals surface area contributed by atoms with Crippen LogP contribution in [0.2, 0.25) is 0 Å². The molecule has 0 bridgehead atoms. The Morgan fingerprint density at radius 3 is 2.56 bits per heavy atom. The van der Waals surface area contributed by atoms with Crippen molar-refractivity contribution >= 4 is 0 Å². The van der Waals surface area contributed by atoms with Crippen molar-refractivity contribution in [1.29, 1.82) is 0 Å². The van der Waals surface area contributed by atoms with Crippen molar-refractivity contribution in [3.05, 3.63) is 0 Å². The third-order valence-corrected chi connectivity index (χ3v) is 3.31. The Morgan fingerprint density at radius 1 is 1.33 bits per heavy atom. The van der Waals surface area contributed by atoms with Crippen LogP contribution >= 0.6 is 0 Å². The number of hydrogen-bond donors (Lipinski definition) is 1. The first-order valence-corrected chi connectivity index (χ1v) is 7.27. The van der Waals surface area contributed by atoms with E-state index in [0.717, 1.165) is 32.1 Å². The number of aliphatic hydroxyl groups excluding tert-OH is 1. The topological polar surface area (TPSA) is 38.7 Å². The number of rotatable bonds is 5. The van der Waals surface area contributed by atoms with Crippen molar-refractivity contribution in [3.8, 4) is 0 Å². The molecule has 1 saturated heterocycles. The van der Waals surface area contributed by atoms with Gasteiger partial charge in [-0.2, -0.15) is 0 Å². The van der Waals surface area contributed by atoms with Crippen LogP contribution in [0, 0.1) is 5.92 Å². The number of hydrogen-bond acceptors (Lipinski definition) is 3. The molecule has 0 amide bonds. The van der Waals surface area contributed by atoms with Gasteiger partial charge in [-0.25, -0.2) is 0 Å². The summed E-state index contributed by atoms with van der Waals surface area (Å²) in [5.74, 6) is 0.571. The van der Waals surface area contributed by atoms with Gasteiger partial charge in [0.2, 0.25) is 0 Å². The van der Waals surface area contributed by atoms with Crippen LogP contribution in [0.15, 0.2) is 0 Å². The second-order valence-corrected chi connectivity index (χ2v) is 6.76. The quantitative estimate of drug-likeness (QED) is 0.820. The molecular formula is C15H30O3. The zero-order valence-electron chi connectivity index (χ0n) is 12.6. The van der Waals surface area contributed by atoms with Crippen molar-refractivity contribution in [2.75, 3.05) is 0 Å². The lowest BCUT2D eigenvalue weighted by atomic mass is 9.93. The van der Waals surface area contributed by atoms with Crippen LogP contribution in [-0.2, 0) is 9.47 Å². The maximum atomic E-state index is 9.56. The van der Waals surface area contributed by atoms with Crippen molar-refractivity contribution < 1.29 is 14.6 Å². The van der Waals surface area contributed by atoms with Crippen LogP contribution in [0.1, 0.15) is 66.7 Å². The highest BCUT2D eigenvalue weighted by atomic mass is 16.6. The molecule has 0 saturated carbocycles. The van der Waals surface area contributed by atoms with E-state index >= 15 is 0 Å². The van der Waals surface area contributed by atoms with E-state index in [0.29, 0.717) is 5.92 Å². The maximum absolute atomic E-state index is 9.56. The molecule has 0 spiro atoms. The minimum Gasteiger partial charge on any atom is -0.373 e. The first-order chi connectivity index (χ1) is 8.26. The molecule has 0 radical (unpaired) electrons. The van der Waals surface area contributed by atoms with Crippen molar-refractivity contribution in [1.82, 2.24) is 0 Å². The van der Waals surface area contributed by atoms with Gasteiger partial charge in [-0.1, -0.05) is 6.92 Å². The van der Waals surface area contributed by atoms with Gasteiger partial charge in [0.15, 0.2) is 6.29 Å². The first-order valence-electron chi connectivity index (χ1n) is 7.27. The molecule has 1 rings (SSSR count). The molecule has 108 valence electrons. The first kappa shape index (κ1) is 15.9. The van der Waals surface area contributed by atoms with Crippen LogP contribution in [-0.4, -0.2) is 29.2 Å². The third kappa shape index (κ3) is 6.72. The molecule has 1 N–H and O–H groups in total. The Bertz CT molecular complexity index is 224. The van der Waals surface area contributed by atoms with E-state index in [-0.39, 0.29) is 17.8 Å². The van der Waals surface area contributed by atoms with Gasteiger partial charge in [0, 0.05) is 6.42 Å². The summed E-state index contributed by atoms with van der Waals surface area (Å²) in [5, 5.41) is 9.56. The zero-order chi connectivity index (χ0) is 13.8. The van der Waals surface area contributed by atoms with Crippen LogP contribution < -0.4 is 0 Å². The highest BCUT2D eigenvalue weighted by Gasteiger charge is 2.25. The van der Waals surface area contributed by atoms with Crippen LogP contribution in [0.3, 0.4) is 0 Å². The minimum atomic E-state index is -0.554. The molecular weight excluding hydrogens is 228 g/mol. The van der Waals surface area contributed by atoms with Gasteiger partial charge in [-0.15, -0.1) is 0 Å². The Morgan fingerprint density at radius 2 is 2.00 bits per heavy atom. The molecule has 1 aliphatic heterocycles. The van der Waals surface area contributed by atoms with Gasteiger partial charge >= 0.3 is 0 Å². The SMILES string of the molecule is CC1CC(O)OC(CCCC(C)OC(C)(C)C)C1. The van der Waals surface area contributed by atoms with Crippen molar-refractivity contribution in [2.45, 2.75) is 90.8 Å². The predicted molar refractivity (Wildman–Crippen MR) is 73.4 cm³/mol. The highest BCUT2D eigenvalue weighted by Crippen LogP contribution is 2.26. The Kier molecular flexibility index (Phi) is 6.09. The fraction of sp³-hybridized carbons (Fsp3) is 1.00. The molecule has 3 heteroatoms. The van der Waals surface area contributed by atoms with Crippen molar-refractivity contribution in [2.24, 2.45) is 5.92 Å². The Labute approximate surface area is 112 Å². The molecule has 4 atom stereocenters. The van der Waals surface area contributed by atoms with Gasteiger partial charge in [-0.3, -0.25) is 0 Å². The minimum absolute atomic E-state index is 0.0640. The largest absolute Gasteiger partial charge is 0.373 e. The lowest BCUT2D eigenvalue weighted by Crippen LogP contribution is -2.32. The third-order valence-electron chi connectivity index (χ3n) is 3.31. The molecule has 1 heterocycles. The predicted octanol–water partition coefficient (Wildman–Crippen LogP) is 3.49. The average Bonchev–Trinajstić information content (AvgIpc) is 2.12. The summed E-state index contributed by atoms with van der Waals surface area (Å²) in [7, 11) is 0. The van der Waals surface area contributed by atoms with E-state index in [1.807, 2.05) is 0 Å². The second kappa shape index (κ2) is 6.88. The molecule has 4 unspecified atom stereocenters. The summed E-state index contributed by atoms with van der Waals surface area (Å²) >= 11 is 0. The van der Waals surface area contributed by atoms with E-state index < -0.39 is 6.29 Å². The monoisotopic (exact) mass is 258 g/mol. The van der Waals surface area contributed by atoms with E-state index in [9.17, 15) is 5.11 Å². The molecule has 3 nitrogen and oxygen atoms in total. The Hall–Kier alpha value is -0.120. The molecule has 1 aliphatic rings. The number of ether oxygens (including phenoxy) is 2. The smallest absolute Gasteiger partial charge is 0.155 e. The van der Waals surface area contributed by atoms with Gasteiger partial charge in [0.1, 0.15) is 0 Å². The van der Waals surface area contributed by atoms with E-state index in [4.69, 9.17) is 9.47 Å². The van der Waals surface area contributed by atoms with Crippen LogP contribution in [0.25, 0.3) is 0 Å². The molecule has 0 aromatic carbocycles. The average molecular weight is 258 g/mol. The fourth-order valence-electron chi connectivity index (χ4n) is 2.70. The lowest BCUT2D eigenvalue weighted by molar-refractivity contribution is -0.177. The summed E-state index contributed by atoms with van der Waals surface area (Å²) in [6.07, 6.45) is 5.00. The zero-order valence-corrected chi connectivity index (χ0v) is 12.6. The molecule has 1 fully saturated rings. The lowest BCUT2D eigenvalue weighted by Gasteiger charge is -2.31. The highest BCUT2D eigenvalue weighted by molar-refractivity contribution is 4.71. The molecule has 0 aromatic rings. The molecule has 0 aliphatic carbocycles. The van der Waals surface area contributed by atoms with Gasteiger partial charge < -0.3 is 14.6 Å². The van der Waals surface area contributed by atoms with Crippen LogP contribution in [0.5, 0.6) is 0 Å². The van der Waals surface area contributed by atoms with Gasteiger partial charge in [0.05, 0.1) is 17.8 Å². The van der Waals surface area contributed by atoms with Gasteiger partial charge in [0.25, 0.3) is 0 Å². The Balaban J connectivity index is 2.17. The molecule has 18 heavy (non-hydrogen) atoms.